The monoisotopic (exact) mass is 347 g/mol. The summed E-state index contributed by atoms with van der Waals surface area (Å²) in [7, 11) is -4.08. The van der Waals surface area contributed by atoms with Gasteiger partial charge in [-0.05, 0) is 31.0 Å². The number of ether oxygens (including phenoxy) is 1. The lowest BCUT2D eigenvalue weighted by Crippen LogP contribution is -2.35. The lowest BCUT2D eigenvalue weighted by Gasteiger charge is -2.20. The molecule has 1 fully saturated rings. The van der Waals surface area contributed by atoms with Gasteiger partial charge in [-0.2, -0.15) is 0 Å². The van der Waals surface area contributed by atoms with Gasteiger partial charge in [0.1, 0.15) is 5.82 Å². The molecule has 23 heavy (non-hydrogen) atoms. The predicted octanol–water partition coefficient (Wildman–Crippen LogP) is 0.652. The van der Waals surface area contributed by atoms with Crippen molar-refractivity contribution in [3.63, 3.8) is 0 Å². The van der Waals surface area contributed by atoms with Crippen molar-refractivity contribution in [3.8, 4) is 0 Å². The molecule has 1 saturated heterocycles. The van der Waals surface area contributed by atoms with Gasteiger partial charge in [0.15, 0.2) is 0 Å². The number of nitrogens with one attached hydrogen (secondary N) is 1. The van der Waals surface area contributed by atoms with Crippen LogP contribution in [0.2, 0.25) is 0 Å². The molecule has 0 saturated carbocycles. The van der Waals surface area contributed by atoms with Gasteiger partial charge in [0.05, 0.1) is 22.7 Å². The number of hydrogen-bond donors (Lipinski definition) is 3. The van der Waals surface area contributed by atoms with Crippen LogP contribution in [0.5, 0.6) is 0 Å². The highest BCUT2D eigenvalue weighted by atomic mass is 32.2. The summed E-state index contributed by atoms with van der Waals surface area (Å²) in [6.07, 6.45) is 0.559. The first-order valence-corrected chi connectivity index (χ1v) is 8.46. The first-order chi connectivity index (χ1) is 10.6. The van der Waals surface area contributed by atoms with Crippen molar-refractivity contribution in [2.24, 2.45) is 0 Å². The Morgan fingerprint density at radius 1 is 1.48 bits per heavy atom. The molecule has 128 valence electrons. The van der Waals surface area contributed by atoms with E-state index in [0.29, 0.717) is 13.0 Å². The van der Waals surface area contributed by atoms with Gasteiger partial charge < -0.3 is 14.9 Å². The van der Waals surface area contributed by atoms with E-state index in [1.807, 2.05) is 0 Å². The number of rotatable bonds is 6. The third-order valence-corrected chi connectivity index (χ3v) is 5.26. The van der Waals surface area contributed by atoms with Crippen LogP contribution in [-0.2, 0) is 14.8 Å². The number of sulfonamides is 1. The Labute approximate surface area is 133 Å². The maximum atomic E-state index is 13.7. The molecule has 0 aliphatic carbocycles. The molecule has 0 amide bonds. The lowest BCUT2D eigenvalue weighted by molar-refractivity contribution is 0.0207. The van der Waals surface area contributed by atoms with Gasteiger partial charge in [0, 0.05) is 19.6 Å². The summed E-state index contributed by atoms with van der Waals surface area (Å²) in [4.78, 5) is 10.6. The number of carbonyl (C=O) groups is 1. The van der Waals surface area contributed by atoms with Gasteiger partial charge in [-0.1, -0.05) is 0 Å². The van der Waals surface area contributed by atoms with E-state index in [1.54, 1.807) is 0 Å². The number of carboxylic acid groups (broad SMARTS) is 1. The highest BCUT2D eigenvalue weighted by Crippen LogP contribution is 2.23. The van der Waals surface area contributed by atoms with Gasteiger partial charge in [-0.25, -0.2) is 22.3 Å². The van der Waals surface area contributed by atoms with Crippen LogP contribution in [0.25, 0.3) is 0 Å². The molecule has 1 aromatic rings. The molecule has 1 heterocycles. The van der Waals surface area contributed by atoms with E-state index in [2.05, 4.69) is 4.72 Å². The average molecular weight is 347 g/mol. The minimum Gasteiger partial charge on any atom is -0.478 e. The molecular formula is C14H18FNO6S. The van der Waals surface area contributed by atoms with Crippen LogP contribution in [0.3, 0.4) is 0 Å². The molecule has 1 aliphatic heterocycles. The fourth-order valence-corrected chi connectivity index (χ4v) is 3.40. The van der Waals surface area contributed by atoms with E-state index < -0.39 is 37.9 Å². The minimum absolute atomic E-state index is 0.0694. The van der Waals surface area contributed by atoms with Gasteiger partial charge >= 0.3 is 5.97 Å². The lowest BCUT2D eigenvalue weighted by atomic mass is 10.00. The number of aromatic carboxylic acids is 1. The molecule has 0 spiro atoms. The zero-order chi connectivity index (χ0) is 17.3. The fraction of sp³-hybridized carbons (Fsp3) is 0.500. The quantitative estimate of drug-likeness (QED) is 0.696. The van der Waals surface area contributed by atoms with Crippen LogP contribution in [0.15, 0.2) is 17.0 Å². The molecule has 0 aromatic heterocycles. The number of halogens is 1. The zero-order valence-electron chi connectivity index (χ0n) is 12.5. The Balaban J connectivity index is 2.14. The number of benzene rings is 1. The SMILES string of the molecule is Cc1c(F)cc(S(=O)(=O)NCCC2(O)CCOC2)cc1C(=O)O. The van der Waals surface area contributed by atoms with E-state index in [1.165, 1.54) is 6.92 Å². The third-order valence-electron chi connectivity index (χ3n) is 3.82. The van der Waals surface area contributed by atoms with Crippen LogP contribution >= 0.6 is 0 Å². The topological polar surface area (TPSA) is 113 Å². The summed E-state index contributed by atoms with van der Waals surface area (Å²) in [5, 5.41) is 19.1. The zero-order valence-corrected chi connectivity index (χ0v) is 13.3. The molecule has 1 atom stereocenters. The maximum Gasteiger partial charge on any atom is 0.336 e. The second kappa shape index (κ2) is 6.52. The molecule has 0 radical (unpaired) electrons. The van der Waals surface area contributed by atoms with Crippen molar-refractivity contribution in [2.45, 2.75) is 30.3 Å². The third kappa shape index (κ3) is 4.05. The molecule has 3 N–H and O–H groups in total. The largest absolute Gasteiger partial charge is 0.478 e. The second-order valence-electron chi connectivity index (χ2n) is 5.56. The molecule has 1 aliphatic rings. The van der Waals surface area contributed by atoms with E-state index in [4.69, 9.17) is 9.84 Å². The van der Waals surface area contributed by atoms with Crippen molar-refractivity contribution in [3.05, 3.63) is 29.1 Å². The number of carboxylic acids is 1. The molecule has 7 nitrogen and oxygen atoms in total. The first-order valence-electron chi connectivity index (χ1n) is 6.98. The molecule has 1 aromatic carbocycles. The Morgan fingerprint density at radius 3 is 2.74 bits per heavy atom. The van der Waals surface area contributed by atoms with Crippen molar-refractivity contribution in [1.82, 2.24) is 4.72 Å². The molecule has 0 bridgehead atoms. The van der Waals surface area contributed by atoms with Crippen LogP contribution < -0.4 is 4.72 Å². The summed E-state index contributed by atoms with van der Waals surface area (Å²) in [5.41, 5.74) is -1.62. The van der Waals surface area contributed by atoms with Gasteiger partial charge in [-0.3, -0.25) is 0 Å². The Bertz CT molecular complexity index is 712. The summed E-state index contributed by atoms with van der Waals surface area (Å²) in [5.74, 6) is -2.32. The minimum atomic E-state index is -4.08. The fourth-order valence-electron chi connectivity index (χ4n) is 2.33. The highest BCUT2D eigenvalue weighted by Gasteiger charge is 2.32. The van der Waals surface area contributed by atoms with Gasteiger partial charge in [0.25, 0.3) is 0 Å². The molecule has 2 rings (SSSR count). The van der Waals surface area contributed by atoms with Crippen molar-refractivity contribution >= 4 is 16.0 Å². The van der Waals surface area contributed by atoms with Crippen LogP contribution in [0, 0.1) is 12.7 Å². The average Bonchev–Trinajstić information content (AvgIpc) is 2.87. The Kier molecular flexibility index (Phi) is 5.04. The van der Waals surface area contributed by atoms with E-state index in [9.17, 15) is 22.7 Å². The van der Waals surface area contributed by atoms with Gasteiger partial charge in [-0.15, -0.1) is 0 Å². The normalized spacial score (nSPS) is 21.5. The summed E-state index contributed by atoms with van der Waals surface area (Å²) in [6.45, 7) is 1.74. The predicted molar refractivity (Wildman–Crippen MR) is 78.3 cm³/mol. The van der Waals surface area contributed by atoms with E-state index in [-0.39, 0.29) is 25.1 Å². The summed E-state index contributed by atoms with van der Waals surface area (Å²) < 4.78 is 45.4. The number of hydrogen-bond acceptors (Lipinski definition) is 5. The second-order valence-corrected chi connectivity index (χ2v) is 7.32. The van der Waals surface area contributed by atoms with E-state index in [0.717, 1.165) is 12.1 Å². The van der Waals surface area contributed by atoms with E-state index >= 15 is 0 Å². The smallest absolute Gasteiger partial charge is 0.336 e. The molecule has 9 heteroatoms. The van der Waals surface area contributed by atoms with Crippen LogP contribution in [0.4, 0.5) is 4.39 Å². The summed E-state index contributed by atoms with van der Waals surface area (Å²) in [6, 6.07) is 1.69. The van der Waals surface area contributed by atoms with Crippen LogP contribution in [0.1, 0.15) is 28.8 Å². The Hall–Kier alpha value is -1.55. The Morgan fingerprint density at radius 2 is 2.17 bits per heavy atom. The summed E-state index contributed by atoms with van der Waals surface area (Å²) >= 11 is 0. The number of aliphatic hydroxyl groups is 1. The van der Waals surface area contributed by atoms with Crippen LogP contribution in [-0.4, -0.2) is 50.0 Å². The van der Waals surface area contributed by atoms with Crippen molar-refractivity contribution in [2.75, 3.05) is 19.8 Å². The van der Waals surface area contributed by atoms with Crippen molar-refractivity contribution < 1.29 is 32.6 Å². The van der Waals surface area contributed by atoms with Crippen molar-refractivity contribution in [1.29, 1.82) is 0 Å². The molecular weight excluding hydrogens is 329 g/mol. The molecule has 1 unspecified atom stereocenters. The van der Waals surface area contributed by atoms with Gasteiger partial charge in [0.2, 0.25) is 10.0 Å². The first kappa shape index (κ1) is 17.8. The standard InChI is InChI=1S/C14H18FNO6S/c1-9-11(13(17)18)6-10(7-12(9)15)23(20,21)16-4-2-14(19)3-5-22-8-14/h6-7,16,19H,2-5,8H2,1H3,(H,17,18). The highest BCUT2D eigenvalue weighted by molar-refractivity contribution is 7.89. The maximum absolute atomic E-state index is 13.7.